The Morgan fingerprint density at radius 3 is 2.93 bits per heavy atom. The van der Waals surface area contributed by atoms with Crippen LogP contribution in [0.1, 0.15) is 19.4 Å². The molecule has 1 heterocycles. The van der Waals surface area contributed by atoms with Gasteiger partial charge in [0.05, 0.1) is 6.10 Å². The molecule has 1 aromatic heterocycles. The maximum absolute atomic E-state index is 5.52. The Kier molecular flexibility index (Phi) is 4.40. The van der Waals surface area contributed by atoms with Gasteiger partial charge in [0.1, 0.15) is 6.61 Å². The van der Waals surface area contributed by atoms with Crippen LogP contribution in [-0.2, 0) is 4.74 Å². The van der Waals surface area contributed by atoms with Crippen molar-refractivity contribution in [2.45, 2.75) is 26.9 Å². The molecule has 0 saturated carbocycles. The van der Waals surface area contributed by atoms with Gasteiger partial charge < -0.3 is 9.47 Å². The summed E-state index contributed by atoms with van der Waals surface area (Å²) in [5, 5.41) is 0. The third kappa shape index (κ3) is 3.34. The van der Waals surface area contributed by atoms with Crippen LogP contribution in [0.2, 0.25) is 0 Å². The summed E-state index contributed by atoms with van der Waals surface area (Å²) in [4.78, 5) is 4.13. The van der Waals surface area contributed by atoms with Crippen molar-refractivity contribution in [3.05, 3.63) is 23.9 Å². The second-order valence-electron chi connectivity index (χ2n) is 3.20. The molecule has 3 heteroatoms. The van der Waals surface area contributed by atoms with Crippen LogP contribution in [0.3, 0.4) is 0 Å². The number of aryl methyl sites for hydroxylation is 1. The van der Waals surface area contributed by atoms with Crippen LogP contribution >= 0.6 is 0 Å². The number of hydrogen-bond donors (Lipinski definition) is 0. The van der Waals surface area contributed by atoms with Crippen molar-refractivity contribution >= 4 is 0 Å². The molecule has 3 nitrogen and oxygen atoms in total. The summed E-state index contributed by atoms with van der Waals surface area (Å²) in [6, 6.07) is 3.88. The highest BCUT2D eigenvalue weighted by molar-refractivity contribution is 5.23. The summed E-state index contributed by atoms with van der Waals surface area (Å²) >= 11 is 0. The first-order chi connectivity index (χ1) is 6.74. The van der Waals surface area contributed by atoms with Gasteiger partial charge in [-0.2, -0.15) is 0 Å². The monoisotopic (exact) mass is 195 g/mol. The van der Waals surface area contributed by atoms with Crippen LogP contribution in [0.25, 0.3) is 0 Å². The van der Waals surface area contributed by atoms with E-state index in [1.807, 2.05) is 32.9 Å². The third-order valence-corrected chi connectivity index (χ3v) is 1.87. The average molecular weight is 195 g/mol. The predicted octanol–water partition coefficient (Wildman–Crippen LogP) is 2.19. The molecule has 0 radical (unpaired) electrons. The van der Waals surface area contributed by atoms with Gasteiger partial charge in [-0.15, -0.1) is 0 Å². The second kappa shape index (κ2) is 5.60. The largest absolute Gasteiger partial charge is 0.475 e. The second-order valence-corrected chi connectivity index (χ2v) is 3.20. The quantitative estimate of drug-likeness (QED) is 0.721. The van der Waals surface area contributed by atoms with E-state index in [4.69, 9.17) is 9.47 Å². The fourth-order valence-electron chi connectivity index (χ4n) is 1.15. The molecule has 0 N–H and O–H groups in total. The Morgan fingerprint density at radius 1 is 1.50 bits per heavy atom. The van der Waals surface area contributed by atoms with Gasteiger partial charge in [-0.25, -0.2) is 4.98 Å². The fourth-order valence-corrected chi connectivity index (χ4v) is 1.15. The normalized spacial score (nSPS) is 12.5. The first kappa shape index (κ1) is 11.0. The van der Waals surface area contributed by atoms with Gasteiger partial charge in [-0.3, -0.25) is 0 Å². The summed E-state index contributed by atoms with van der Waals surface area (Å²) in [6.07, 6.45) is 1.84. The number of pyridine rings is 1. The van der Waals surface area contributed by atoms with Crippen molar-refractivity contribution in [1.29, 1.82) is 0 Å². The summed E-state index contributed by atoms with van der Waals surface area (Å²) in [5.74, 6) is 0.694. The van der Waals surface area contributed by atoms with Crippen molar-refractivity contribution in [3.8, 4) is 5.88 Å². The molecule has 1 aromatic rings. The Labute approximate surface area is 85.1 Å². The topological polar surface area (TPSA) is 31.4 Å². The maximum atomic E-state index is 5.52. The number of hydrogen-bond acceptors (Lipinski definition) is 3. The molecule has 78 valence electrons. The highest BCUT2D eigenvalue weighted by atomic mass is 16.5. The minimum Gasteiger partial charge on any atom is -0.475 e. The van der Waals surface area contributed by atoms with E-state index in [-0.39, 0.29) is 6.10 Å². The first-order valence-electron chi connectivity index (χ1n) is 4.90. The van der Waals surface area contributed by atoms with Crippen molar-refractivity contribution in [2.24, 2.45) is 0 Å². The van der Waals surface area contributed by atoms with Crippen LogP contribution in [0.15, 0.2) is 18.3 Å². The van der Waals surface area contributed by atoms with E-state index < -0.39 is 0 Å². The van der Waals surface area contributed by atoms with Gasteiger partial charge >= 0.3 is 0 Å². The standard InChI is InChI=1S/C11H17NO2/c1-4-13-10(3)8-14-11-9(2)6-5-7-12-11/h5-7,10H,4,8H2,1-3H3. The average Bonchev–Trinajstić information content (AvgIpc) is 2.17. The van der Waals surface area contributed by atoms with Gasteiger partial charge in [0.25, 0.3) is 0 Å². The molecule has 0 saturated heterocycles. The Bertz CT molecular complexity index is 276. The zero-order valence-corrected chi connectivity index (χ0v) is 8.99. The van der Waals surface area contributed by atoms with E-state index in [2.05, 4.69) is 4.98 Å². The molecule has 1 atom stereocenters. The highest BCUT2D eigenvalue weighted by Crippen LogP contribution is 2.12. The van der Waals surface area contributed by atoms with E-state index in [0.29, 0.717) is 19.1 Å². The van der Waals surface area contributed by atoms with Crippen LogP contribution in [0.4, 0.5) is 0 Å². The summed E-state index contributed by atoms with van der Waals surface area (Å²) in [6.45, 7) is 7.20. The minimum atomic E-state index is 0.112. The van der Waals surface area contributed by atoms with Gasteiger partial charge in [-0.05, 0) is 26.8 Å². The molecule has 0 aliphatic carbocycles. The molecule has 0 aromatic carbocycles. The van der Waals surface area contributed by atoms with Crippen molar-refractivity contribution < 1.29 is 9.47 Å². The van der Waals surface area contributed by atoms with Crippen molar-refractivity contribution in [2.75, 3.05) is 13.2 Å². The zero-order chi connectivity index (χ0) is 10.4. The molecule has 0 bridgehead atoms. The molecule has 1 unspecified atom stereocenters. The predicted molar refractivity (Wildman–Crippen MR) is 55.6 cm³/mol. The Morgan fingerprint density at radius 2 is 2.29 bits per heavy atom. The van der Waals surface area contributed by atoms with Crippen molar-refractivity contribution in [1.82, 2.24) is 4.98 Å². The van der Waals surface area contributed by atoms with E-state index >= 15 is 0 Å². The summed E-state index contributed by atoms with van der Waals surface area (Å²) in [7, 11) is 0. The maximum Gasteiger partial charge on any atom is 0.216 e. The number of nitrogens with zero attached hydrogens (tertiary/aromatic N) is 1. The molecule has 14 heavy (non-hydrogen) atoms. The van der Waals surface area contributed by atoms with Gasteiger partial charge in [0, 0.05) is 18.4 Å². The lowest BCUT2D eigenvalue weighted by atomic mass is 10.3. The van der Waals surface area contributed by atoms with E-state index in [9.17, 15) is 0 Å². The summed E-state index contributed by atoms with van der Waals surface area (Å²) < 4.78 is 10.9. The van der Waals surface area contributed by atoms with Crippen LogP contribution < -0.4 is 4.74 Å². The molecule has 0 amide bonds. The SMILES string of the molecule is CCOC(C)COc1ncccc1C. The fraction of sp³-hybridized carbons (Fsp3) is 0.545. The molecule has 0 fully saturated rings. The smallest absolute Gasteiger partial charge is 0.216 e. The third-order valence-electron chi connectivity index (χ3n) is 1.87. The van der Waals surface area contributed by atoms with Gasteiger partial charge in [0.2, 0.25) is 5.88 Å². The lowest BCUT2D eigenvalue weighted by molar-refractivity contribution is 0.0387. The first-order valence-corrected chi connectivity index (χ1v) is 4.90. The zero-order valence-electron chi connectivity index (χ0n) is 8.99. The number of aromatic nitrogens is 1. The summed E-state index contributed by atoms with van der Waals surface area (Å²) in [5.41, 5.74) is 1.05. The molecule has 0 spiro atoms. The van der Waals surface area contributed by atoms with Gasteiger partial charge in [0.15, 0.2) is 0 Å². The van der Waals surface area contributed by atoms with Crippen molar-refractivity contribution in [3.63, 3.8) is 0 Å². The molecular weight excluding hydrogens is 178 g/mol. The molecule has 0 aliphatic heterocycles. The van der Waals surface area contributed by atoms with E-state index in [1.165, 1.54) is 0 Å². The van der Waals surface area contributed by atoms with Gasteiger partial charge in [-0.1, -0.05) is 6.07 Å². The molecular formula is C11H17NO2. The van der Waals surface area contributed by atoms with Crippen LogP contribution in [-0.4, -0.2) is 24.3 Å². The lowest BCUT2D eigenvalue weighted by Crippen LogP contribution is -2.18. The van der Waals surface area contributed by atoms with E-state index in [0.717, 1.165) is 5.56 Å². The number of ether oxygens (including phenoxy) is 2. The minimum absolute atomic E-state index is 0.112. The van der Waals surface area contributed by atoms with E-state index in [1.54, 1.807) is 6.20 Å². The molecule has 1 rings (SSSR count). The number of rotatable bonds is 5. The molecule has 0 aliphatic rings. The Hall–Kier alpha value is -1.09. The van der Waals surface area contributed by atoms with Crippen LogP contribution in [0, 0.1) is 6.92 Å². The lowest BCUT2D eigenvalue weighted by Gasteiger charge is -2.13. The van der Waals surface area contributed by atoms with Crippen LogP contribution in [0.5, 0.6) is 5.88 Å². The Balaban J connectivity index is 2.41. The highest BCUT2D eigenvalue weighted by Gasteiger charge is 2.04.